The molecule has 0 radical (unpaired) electrons. The van der Waals surface area contributed by atoms with Crippen molar-refractivity contribution < 1.29 is 31.1 Å². The normalized spacial score (nSPS) is 41.3. The average Bonchev–Trinajstić information content (AvgIpc) is 2.95. The van der Waals surface area contributed by atoms with Crippen LogP contribution in [0.15, 0.2) is 0 Å². The molecular weight excluding hydrogens is 568 g/mol. The lowest BCUT2D eigenvalue weighted by molar-refractivity contribution is -0.227. The molecule has 1 heterocycles. The lowest BCUT2D eigenvalue weighted by atomic mass is 9.84. The van der Waals surface area contributed by atoms with E-state index in [1.807, 2.05) is 0 Å². The third-order valence-electron chi connectivity index (χ3n) is 9.83. The van der Waals surface area contributed by atoms with Crippen LogP contribution in [-0.2, 0) is 4.74 Å². The SMILES string of the molecule is CC1NCNC(NC2CCC(NN(S)C3C(F)C(F)C(OC(F)F)C(F)C3F)CC2)C1CCCCC1CCCCC1. The lowest BCUT2D eigenvalue weighted by Crippen LogP contribution is -2.65. The van der Waals surface area contributed by atoms with Crippen molar-refractivity contribution in [3.8, 4) is 0 Å². The number of nitrogens with zero attached hydrogens (tertiary/aromatic N) is 1. The summed E-state index contributed by atoms with van der Waals surface area (Å²) in [5.74, 6) is 1.38. The molecule has 4 aliphatic rings. The molecule has 4 fully saturated rings. The van der Waals surface area contributed by atoms with Gasteiger partial charge in [0.15, 0.2) is 24.7 Å². The minimum absolute atomic E-state index is 0.188. The average molecular weight is 618 g/mol. The summed E-state index contributed by atoms with van der Waals surface area (Å²) in [5, 5.41) is 10.9. The Bertz CT molecular complexity index is 749. The quantitative estimate of drug-likeness (QED) is 0.0863. The number of rotatable bonds is 12. The van der Waals surface area contributed by atoms with E-state index in [9.17, 15) is 26.3 Å². The molecule has 0 spiro atoms. The number of nitrogens with one attached hydrogen (secondary N) is 4. The Labute approximate surface area is 246 Å². The second-order valence-electron chi connectivity index (χ2n) is 12.6. The predicted octanol–water partition coefficient (Wildman–Crippen LogP) is 5.50. The summed E-state index contributed by atoms with van der Waals surface area (Å²) < 4.78 is 87.8. The van der Waals surface area contributed by atoms with E-state index in [1.165, 1.54) is 51.4 Å². The maximum Gasteiger partial charge on any atom is 0.345 e. The highest BCUT2D eigenvalue weighted by Gasteiger charge is 2.56. The Kier molecular flexibility index (Phi) is 13.2. The second kappa shape index (κ2) is 16.1. The molecule has 0 aromatic rings. The van der Waals surface area contributed by atoms with Crippen LogP contribution >= 0.6 is 12.8 Å². The van der Waals surface area contributed by atoms with Gasteiger partial charge in [0.2, 0.25) is 0 Å². The molecule has 0 amide bonds. The van der Waals surface area contributed by atoms with Gasteiger partial charge in [0, 0.05) is 30.7 Å². The number of hydrogen-bond donors (Lipinski definition) is 5. The van der Waals surface area contributed by atoms with Crippen molar-refractivity contribution in [1.29, 1.82) is 0 Å². The molecule has 4 rings (SSSR count). The monoisotopic (exact) mass is 617 g/mol. The zero-order valence-corrected chi connectivity index (χ0v) is 24.9. The lowest BCUT2D eigenvalue weighted by Gasteiger charge is -2.44. The summed E-state index contributed by atoms with van der Waals surface area (Å²) in [7, 11) is 0. The number of alkyl halides is 6. The molecule has 1 saturated heterocycles. The summed E-state index contributed by atoms with van der Waals surface area (Å²) >= 11 is 4.09. The van der Waals surface area contributed by atoms with Crippen molar-refractivity contribution >= 4 is 12.8 Å². The highest BCUT2D eigenvalue weighted by Crippen LogP contribution is 2.36. The van der Waals surface area contributed by atoms with Crippen molar-refractivity contribution in [1.82, 2.24) is 25.8 Å². The predicted molar refractivity (Wildman–Crippen MR) is 150 cm³/mol. The Morgan fingerprint density at radius 3 is 2.07 bits per heavy atom. The summed E-state index contributed by atoms with van der Waals surface area (Å²) in [4.78, 5) is 0. The molecule has 4 N–H and O–H groups in total. The van der Waals surface area contributed by atoms with Gasteiger partial charge in [-0.3, -0.25) is 10.6 Å². The Hall–Kier alpha value is -0.310. The van der Waals surface area contributed by atoms with Gasteiger partial charge in [-0.1, -0.05) is 64.2 Å². The number of ether oxygens (including phenoxy) is 1. The van der Waals surface area contributed by atoms with E-state index >= 15 is 0 Å². The van der Waals surface area contributed by atoms with Gasteiger partial charge >= 0.3 is 6.61 Å². The van der Waals surface area contributed by atoms with E-state index in [4.69, 9.17) is 0 Å². The first-order valence-corrected chi connectivity index (χ1v) is 16.0. The number of hydrogen-bond acceptors (Lipinski definition) is 7. The number of halogens is 6. The molecule has 240 valence electrons. The molecule has 0 aromatic carbocycles. The van der Waals surface area contributed by atoms with Crippen molar-refractivity contribution in [2.24, 2.45) is 11.8 Å². The molecule has 1 aliphatic heterocycles. The van der Waals surface area contributed by atoms with Crippen molar-refractivity contribution in [2.45, 2.75) is 158 Å². The van der Waals surface area contributed by atoms with Crippen LogP contribution in [0.3, 0.4) is 0 Å². The molecule has 0 aromatic heterocycles. The first kappa shape index (κ1) is 33.6. The van der Waals surface area contributed by atoms with Crippen LogP contribution in [-0.4, -0.2) is 78.8 Å². The van der Waals surface area contributed by atoms with E-state index in [1.54, 1.807) is 0 Å². The molecule has 41 heavy (non-hydrogen) atoms. The first-order chi connectivity index (χ1) is 19.7. The van der Waals surface area contributed by atoms with E-state index in [-0.39, 0.29) is 18.2 Å². The summed E-state index contributed by atoms with van der Waals surface area (Å²) in [5.41, 5.74) is 2.89. The third-order valence-corrected chi connectivity index (χ3v) is 10.2. The molecular formula is C28H49F6N5OS. The smallest absolute Gasteiger partial charge is 0.313 e. The molecule has 7 unspecified atom stereocenters. The van der Waals surface area contributed by atoms with Gasteiger partial charge in [-0.05, 0) is 44.9 Å². The number of unbranched alkanes of at least 4 members (excludes halogenated alkanes) is 1. The van der Waals surface area contributed by atoms with Crippen LogP contribution in [0.25, 0.3) is 0 Å². The summed E-state index contributed by atoms with van der Waals surface area (Å²) in [6, 6.07) is -1.44. The first-order valence-electron chi connectivity index (χ1n) is 15.6. The fraction of sp³-hybridized carbons (Fsp3) is 1.00. The number of hydrazine groups is 1. The minimum atomic E-state index is -3.54. The highest BCUT2D eigenvalue weighted by molar-refractivity contribution is 7.77. The highest BCUT2D eigenvalue weighted by atomic mass is 32.1. The maximum atomic E-state index is 14.7. The van der Waals surface area contributed by atoms with E-state index in [2.05, 4.69) is 45.9 Å². The van der Waals surface area contributed by atoms with Crippen LogP contribution < -0.4 is 21.4 Å². The molecule has 13 heteroatoms. The summed E-state index contributed by atoms with van der Waals surface area (Å²) in [6.45, 7) is -0.546. The van der Waals surface area contributed by atoms with Crippen LogP contribution in [0.1, 0.15) is 90.4 Å². The van der Waals surface area contributed by atoms with Crippen molar-refractivity contribution in [3.63, 3.8) is 0 Å². The van der Waals surface area contributed by atoms with Gasteiger partial charge in [0.05, 0.1) is 6.17 Å². The Balaban J connectivity index is 1.21. The summed E-state index contributed by atoms with van der Waals surface area (Å²) in [6.07, 6.45) is 1.97. The topological polar surface area (TPSA) is 60.6 Å². The van der Waals surface area contributed by atoms with Gasteiger partial charge < -0.3 is 10.1 Å². The minimum Gasteiger partial charge on any atom is -0.313 e. The van der Waals surface area contributed by atoms with Crippen LogP contribution in [0.2, 0.25) is 0 Å². The van der Waals surface area contributed by atoms with Gasteiger partial charge in [0.1, 0.15) is 12.1 Å². The fourth-order valence-electron chi connectivity index (χ4n) is 7.35. The molecule has 3 saturated carbocycles. The van der Waals surface area contributed by atoms with E-state index in [0.717, 1.165) is 36.3 Å². The zero-order chi connectivity index (χ0) is 29.5. The maximum absolute atomic E-state index is 14.7. The van der Waals surface area contributed by atoms with Crippen molar-refractivity contribution in [3.05, 3.63) is 0 Å². The van der Waals surface area contributed by atoms with Gasteiger partial charge in [-0.15, -0.1) is 0 Å². The van der Waals surface area contributed by atoms with Gasteiger partial charge in [-0.2, -0.15) is 13.2 Å². The Morgan fingerprint density at radius 2 is 1.44 bits per heavy atom. The van der Waals surface area contributed by atoms with Gasteiger partial charge in [0.25, 0.3) is 0 Å². The van der Waals surface area contributed by atoms with Crippen LogP contribution in [0.4, 0.5) is 26.3 Å². The van der Waals surface area contributed by atoms with E-state index < -0.39 is 43.4 Å². The molecule has 7 atom stereocenters. The number of thiol groups is 1. The molecule has 0 bridgehead atoms. The fourth-order valence-corrected chi connectivity index (χ4v) is 7.77. The van der Waals surface area contributed by atoms with Crippen LogP contribution in [0, 0.1) is 11.8 Å². The zero-order valence-electron chi connectivity index (χ0n) is 24.0. The largest absolute Gasteiger partial charge is 0.345 e. The standard InChI is InChI=1S/C28H49F6N5OS/c1-16-20(10-6-5-9-17-7-3-2-4-8-17)27(36-15-35-16)37-18-11-13-19(14-12-18)38-39(41)25-21(29)23(31)26(40-28(33)34)24(32)22(25)30/h16-28,35-38,41H,2-15H2,1H3. The molecule has 6 nitrogen and oxygen atoms in total. The third kappa shape index (κ3) is 9.11. The Morgan fingerprint density at radius 1 is 0.829 bits per heavy atom. The van der Waals surface area contributed by atoms with Crippen molar-refractivity contribution in [2.75, 3.05) is 6.67 Å². The molecule has 3 aliphatic carbocycles. The van der Waals surface area contributed by atoms with Crippen LogP contribution in [0.5, 0.6) is 0 Å². The second-order valence-corrected chi connectivity index (χ2v) is 13.1. The van der Waals surface area contributed by atoms with Gasteiger partial charge in [-0.25, -0.2) is 23.0 Å². The van der Waals surface area contributed by atoms with E-state index in [0.29, 0.717) is 24.8 Å².